The number of amides is 1. The third kappa shape index (κ3) is 7.33. The van der Waals surface area contributed by atoms with Crippen molar-refractivity contribution in [1.82, 2.24) is 15.5 Å². The molecular weight excluding hydrogens is 484 g/mol. The zero-order valence-corrected chi connectivity index (χ0v) is 19.1. The molecule has 0 radical (unpaired) electrons. The summed E-state index contributed by atoms with van der Waals surface area (Å²) in [4.78, 5) is 19.8. The van der Waals surface area contributed by atoms with E-state index in [9.17, 15) is 9.18 Å². The molecule has 0 bridgehead atoms. The summed E-state index contributed by atoms with van der Waals surface area (Å²) in [5.74, 6) is 0.190. The summed E-state index contributed by atoms with van der Waals surface area (Å²) in [7, 11) is 3.43. The molecule has 27 heavy (non-hydrogen) atoms. The summed E-state index contributed by atoms with van der Waals surface area (Å²) in [6.45, 7) is 4.57. The number of anilines is 1. The minimum absolute atomic E-state index is 0. The molecule has 0 aromatic heterocycles. The molecule has 1 heterocycles. The molecule has 6 nitrogen and oxygen atoms in total. The Morgan fingerprint density at radius 2 is 2.19 bits per heavy atom. The van der Waals surface area contributed by atoms with Gasteiger partial charge in [-0.15, -0.1) is 24.0 Å². The summed E-state index contributed by atoms with van der Waals surface area (Å²) in [6.07, 6.45) is 1.89. The van der Waals surface area contributed by atoms with Crippen molar-refractivity contribution >= 4 is 53.1 Å². The highest BCUT2D eigenvalue weighted by molar-refractivity contribution is 14.0. The topological polar surface area (TPSA) is 60.0 Å². The van der Waals surface area contributed by atoms with Crippen LogP contribution in [0.5, 0.6) is 0 Å². The van der Waals surface area contributed by atoms with Crippen LogP contribution in [0.4, 0.5) is 10.1 Å². The largest absolute Gasteiger partial charge is 0.369 e. The number of carbonyl (C=O) groups is 1. The molecule has 0 spiro atoms. The third-order valence-corrected chi connectivity index (χ3v) is 4.50. The van der Waals surface area contributed by atoms with Crippen LogP contribution in [0.25, 0.3) is 0 Å². The van der Waals surface area contributed by atoms with E-state index in [4.69, 9.17) is 11.6 Å². The van der Waals surface area contributed by atoms with Crippen LogP contribution in [-0.4, -0.2) is 63.1 Å². The average Bonchev–Trinajstić information content (AvgIpc) is 3.07. The fraction of sp³-hybridized carbons (Fsp3) is 0.556. The standard InChI is InChI=1S/C18H27ClFN5O.HI/c1-4-8-21-18(22-11-17(26)24(2)3)23-13-7-9-25(12-13)14-5-6-16(20)15(19)10-14;/h5-6,10,13H,4,7-9,11-12H2,1-3H3,(H2,21,22,23);1H. The van der Waals surface area contributed by atoms with E-state index < -0.39 is 5.82 Å². The molecule has 1 fully saturated rings. The van der Waals surface area contributed by atoms with Gasteiger partial charge in [-0.1, -0.05) is 18.5 Å². The number of rotatable bonds is 6. The first-order chi connectivity index (χ1) is 12.4. The first kappa shape index (κ1) is 23.7. The van der Waals surface area contributed by atoms with Crippen molar-refractivity contribution in [3.8, 4) is 0 Å². The molecule has 1 amide bonds. The lowest BCUT2D eigenvalue weighted by molar-refractivity contribution is -0.127. The van der Waals surface area contributed by atoms with Gasteiger partial charge in [0.05, 0.1) is 5.02 Å². The molecule has 2 rings (SSSR count). The molecule has 1 aliphatic heterocycles. The Balaban J connectivity index is 0.00000364. The average molecular weight is 512 g/mol. The van der Waals surface area contributed by atoms with Gasteiger partial charge in [0.1, 0.15) is 12.4 Å². The summed E-state index contributed by atoms with van der Waals surface area (Å²) in [5.41, 5.74) is 0.906. The van der Waals surface area contributed by atoms with E-state index in [1.807, 2.05) is 0 Å². The molecule has 1 atom stereocenters. The molecular formula is C18H28ClFIN5O. The normalized spacial score (nSPS) is 16.7. The number of nitrogens with zero attached hydrogens (tertiary/aromatic N) is 3. The molecule has 1 aliphatic rings. The Kier molecular flexibility index (Phi) is 10.1. The summed E-state index contributed by atoms with van der Waals surface area (Å²) < 4.78 is 13.3. The molecule has 1 aromatic rings. The van der Waals surface area contributed by atoms with E-state index in [0.717, 1.165) is 38.2 Å². The maximum absolute atomic E-state index is 13.3. The van der Waals surface area contributed by atoms with Gasteiger partial charge in [0.25, 0.3) is 0 Å². The number of nitrogens with one attached hydrogen (secondary N) is 2. The van der Waals surface area contributed by atoms with E-state index in [1.165, 1.54) is 11.0 Å². The second kappa shape index (κ2) is 11.5. The Labute approximate surface area is 182 Å². The number of benzene rings is 1. The van der Waals surface area contributed by atoms with Crippen molar-refractivity contribution in [1.29, 1.82) is 0 Å². The van der Waals surface area contributed by atoms with E-state index in [1.54, 1.807) is 26.2 Å². The van der Waals surface area contributed by atoms with Gasteiger partial charge in [-0.25, -0.2) is 9.38 Å². The van der Waals surface area contributed by atoms with E-state index >= 15 is 0 Å². The maximum Gasteiger partial charge on any atom is 0.243 e. The van der Waals surface area contributed by atoms with Crippen LogP contribution in [0, 0.1) is 5.82 Å². The number of carbonyl (C=O) groups excluding carboxylic acids is 1. The van der Waals surface area contributed by atoms with Crippen molar-refractivity contribution < 1.29 is 9.18 Å². The van der Waals surface area contributed by atoms with Crippen LogP contribution in [0.3, 0.4) is 0 Å². The molecule has 1 aromatic carbocycles. The van der Waals surface area contributed by atoms with Crippen LogP contribution < -0.4 is 15.5 Å². The molecule has 1 saturated heterocycles. The van der Waals surface area contributed by atoms with Gasteiger partial charge in [0.15, 0.2) is 5.96 Å². The van der Waals surface area contributed by atoms with Crippen molar-refractivity contribution in [2.24, 2.45) is 4.99 Å². The van der Waals surface area contributed by atoms with Gasteiger partial charge in [-0.3, -0.25) is 4.79 Å². The zero-order valence-electron chi connectivity index (χ0n) is 16.0. The van der Waals surface area contributed by atoms with E-state index in [0.29, 0.717) is 5.96 Å². The first-order valence-electron chi connectivity index (χ1n) is 8.85. The Bertz CT molecular complexity index is 659. The minimum atomic E-state index is -0.409. The molecule has 152 valence electrons. The second-order valence-electron chi connectivity index (χ2n) is 6.55. The highest BCUT2D eigenvalue weighted by Gasteiger charge is 2.24. The van der Waals surface area contributed by atoms with Crippen LogP contribution in [-0.2, 0) is 4.79 Å². The van der Waals surface area contributed by atoms with Crippen molar-refractivity contribution in [2.45, 2.75) is 25.8 Å². The fourth-order valence-corrected chi connectivity index (χ4v) is 2.85. The van der Waals surface area contributed by atoms with Crippen LogP contribution in [0.2, 0.25) is 5.02 Å². The lowest BCUT2D eigenvalue weighted by Crippen LogP contribution is -2.45. The Morgan fingerprint density at radius 1 is 1.44 bits per heavy atom. The summed E-state index contributed by atoms with van der Waals surface area (Å²) >= 11 is 5.88. The van der Waals surface area contributed by atoms with Crippen LogP contribution in [0.15, 0.2) is 23.2 Å². The SMILES string of the molecule is CCCNC(=NCC(=O)N(C)C)NC1CCN(c2ccc(F)c(Cl)c2)C1.I. The quantitative estimate of drug-likeness (QED) is 0.350. The number of aliphatic imine (C=N–C) groups is 1. The molecule has 1 unspecified atom stereocenters. The lowest BCUT2D eigenvalue weighted by Gasteiger charge is -2.21. The van der Waals surface area contributed by atoms with Crippen molar-refractivity contribution in [3.05, 3.63) is 29.0 Å². The fourth-order valence-electron chi connectivity index (χ4n) is 2.67. The van der Waals surface area contributed by atoms with E-state index in [-0.39, 0.29) is 47.5 Å². The predicted molar refractivity (Wildman–Crippen MR) is 120 cm³/mol. The van der Waals surface area contributed by atoms with Crippen molar-refractivity contribution in [2.75, 3.05) is 45.2 Å². The Morgan fingerprint density at radius 3 is 2.81 bits per heavy atom. The Hall–Kier alpha value is -1.29. The van der Waals surface area contributed by atoms with Crippen molar-refractivity contribution in [3.63, 3.8) is 0 Å². The molecule has 9 heteroatoms. The first-order valence-corrected chi connectivity index (χ1v) is 9.23. The minimum Gasteiger partial charge on any atom is -0.369 e. The summed E-state index contributed by atoms with van der Waals surface area (Å²) in [6, 6.07) is 4.97. The lowest BCUT2D eigenvalue weighted by atomic mass is 10.2. The number of hydrogen-bond acceptors (Lipinski definition) is 3. The van der Waals surface area contributed by atoms with Crippen LogP contribution >= 0.6 is 35.6 Å². The molecule has 0 saturated carbocycles. The van der Waals surface area contributed by atoms with Crippen LogP contribution in [0.1, 0.15) is 19.8 Å². The van der Waals surface area contributed by atoms with Gasteiger partial charge in [-0.05, 0) is 31.0 Å². The van der Waals surface area contributed by atoms with Gasteiger partial charge >= 0.3 is 0 Å². The van der Waals surface area contributed by atoms with Gasteiger partial charge in [-0.2, -0.15) is 0 Å². The van der Waals surface area contributed by atoms with E-state index in [2.05, 4.69) is 27.4 Å². The highest BCUT2D eigenvalue weighted by Crippen LogP contribution is 2.25. The second-order valence-corrected chi connectivity index (χ2v) is 6.96. The number of likely N-dealkylation sites (N-methyl/N-ethyl adjacent to an activating group) is 1. The van der Waals surface area contributed by atoms with Gasteiger partial charge < -0.3 is 20.4 Å². The zero-order chi connectivity index (χ0) is 19.1. The highest BCUT2D eigenvalue weighted by atomic mass is 127. The van der Waals surface area contributed by atoms with Gasteiger partial charge in [0.2, 0.25) is 5.91 Å². The maximum atomic E-state index is 13.3. The van der Waals surface area contributed by atoms with Gasteiger partial charge in [0, 0.05) is 45.5 Å². The molecule has 2 N–H and O–H groups in total. The number of halogens is 3. The number of guanidine groups is 1. The monoisotopic (exact) mass is 511 g/mol. The summed E-state index contributed by atoms with van der Waals surface area (Å²) in [5, 5.41) is 6.76. The molecule has 0 aliphatic carbocycles. The number of hydrogen-bond donors (Lipinski definition) is 2. The third-order valence-electron chi connectivity index (χ3n) is 4.21. The smallest absolute Gasteiger partial charge is 0.243 e. The predicted octanol–water partition coefficient (Wildman–Crippen LogP) is 2.71.